The minimum atomic E-state index is -0.575. The molecule has 0 spiro atoms. The lowest BCUT2D eigenvalue weighted by Crippen LogP contribution is -2.45. The van der Waals surface area contributed by atoms with E-state index >= 15 is 0 Å². The molecule has 30 heavy (non-hydrogen) atoms. The minimum Gasteiger partial charge on any atom is -0.497 e. The number of aromatic nitrogens is 1. The van der Waals surface area contributed by atoms with E-state index in [1.807, 2.05) is 24.3 Å². The first-order valence-electron chi connectivity index (χ1n) is 9.45. The smallest absolute Gasteiger partial charge is 0.288 e. The number of pyridine rings is 1. The fourth-order valence-electron chi connectivity index (χ4n) is 3.39. The van der Waals surface area contributed by atoms with E-state index in [0.717, 1.165) is 5.39 Å². The van der Waals surface area contributed by atoms with Gasteiger partial charge in [-0.05, 0) is 24.3 Å². The highest BCUT2D eigenvalue weighted by Gasteiger charge is 2.35. The topological polar surface area (TPSA) is 101 Å². The predicted octanol–water partition coefficient (Wildman–Crippen LogP) is 2.06. The van der Waals surface area contributed by atoms with E-state index in [1.165, 1.54) is 0 Å². The summed E-state index contributed by atoms with van der Waals surface area (Å²) in [5, 5.41) is 0.917. The molecule has 1 fully saturated rings. The van der Waals surface area contributed by atoms with E-state index in [9.17, 15) is 14.4 Å². The number of hydrazine groups is 1. The average Bonchev–Trinajstić information content (AvgIpc) is 3.18. The summed E-state index contributed by atoms with van der Waals surface area (Å²) in [5.41, 5.74) is 6.32. The lowest BCUT2D eigenvalue weighted by atomic mass is 10.1. The average molecular weight is 404 g/mol. The van der Waals surface area contributed by atoms with Crippen LogP contribution in [-0.2, 0) is 9.59 Å². The number of benzene rings is 2. The lowest BCUT2D eigenvalue weighted by molar-refractivity contribution is -0.126. The van der Waals surface area contributed by atoms with Crippen molar-refractivity contribution in [2.45, 2.75) is 6.42 Å². The number of methoxy groups -OCH3 is 1. The van der Waals surface area contributed by atoms with Gasteiger partial charge in [0.15, 0.2) is 0 Å². The molecule has 0 saturated carbocycles. The molecule has 0 radical (unpaired) electrons. The van der Waals surface area contributed by atoms with E-state index in [-0.39, 0.29) is 24.6 Å². The third-order valence-corrected chi connectivity index (χ3v) is 4.99. The van der Waals surface area contributed by atoms with Crippen LogP contribution in [0.1, 0.15) is 16.9 Å². The van der Waals surface area contributed by atoms with Crippen LogP contribution in [-0.4, -0.2) is 36.4 Å². The maximum atomic E-state index is 12.5. The molecule has 1 saturated heterocycles. The molecule has 1 unspecified atom stereocenters. The number of anilines is 1. The van der Waals surface area contributed by atoms with Gasteiger partial charge in [-0.1, -0.05) is 30.3 Å². The second-order valence-corrected chi connectivity index (χ2v) is 6.94. The Bertz CT molecular complexity index is 1130. The number of ether oxygens (including phenoxy) is 1. The standard InChI is InChI=1S/C22H20N4O4/c1-30-17-7-4-6-16(12-17)26-13-15(11-20(26)27)21(28)24-25-22(29)19-10-9-14-5-2-3-8-18(14)23-19/h2-10,12,15H,11,13H2,1H3,(H,24,28)(H,25,29). The molecule has 1 aliphatic heterocycles. The van der Waals surface area contributed by atoms with Crippen LogP contribution < -0.4 is 20.5 Å². The quantitative estimate of drug-likeness (QED) is 0.649. The molecule has 1 aromatic heterocycles. The first-order valence-corrected chi connectivity index (χ1v) is 9.45. The fraction of sp³-hybridized carbons (Fsp3) is 0.182. The summed E-state index contributed by atoms with van der Waals surface area (Å²) in [6, 6.07) is 17.9. The van der Waals surface area contributed by atoms with Crippen LogP contribution in [0, 0.1) is 5.92 Å². The third kappa shape index (κ3) is 3.93. The Morgan fingerprint density at radius 2 is 1.90 bits per heavy atom. The van der Waals surface area contributed by atoms with Gasteiger partial charge in [0.25, 0.3) is 5.91 Å². The van der Waals surface area contributed by atoms with Gasteiger partial charge in [-0.25, -0.2) is 4.98 Å². The Hall–Kier alpha value is -3.94. The Morgan fingerprint density at radius 3 is 2.73 bits per heavy atom. The molecule has 152 valence electrons. The van der Waals surface area contributed by atoms with Gasteiger partial charge in [0, 0.05) is 30.1 Å². The summed E-state index contributed by atoms with van der Waals surface area (Å²) >= 11 is 0. The first-order chi connectivity index (χ1) is 14.5. The molecule has 0 aliphatic carbocycles. The molecule has 3 amide bonds. The molecule has 8 heteroatoms. The second-order valence-electron chi connectivity index (χ2n) is 6.94. The van der Waals surface area contributed by atoms with E-state index < -0.39 is 17.7 Å². The van der Waals surface area contributed by atoms with E-state index in [2.05, 4.69) is 15.8 Å². The first kappa shape index (κ1) is 19.4. The molecule has 4 rings (SSSR count). The van der Waals surface area contributed by atoms with Crippen LogP contribution in [0.5, 0.6) is 5.75 Å². The van der Waals surface area contributed by atoms with Crippen molar-refractivity contribution in [2.24, 2.45) is 5.92 Å². The number of fused-ring (bicyclic) bond motifs is 1. The van der Waals surface area contributed by atoms with Crippen molar-refractivity contribution in [3.63, 3.8) is 0 Å². The van der Waals surface area contributed by atoms with Gasteiger partial charge in [0.2, 0.25) is 11.8 Å². The fourth-order valence-corrected chi connectivity index (χ4v) is 3.39. The third-order valence-electron chi connectivity index (χ3n) is 4.99. The predicted molar refractivity (Wildman–Crippen MR) is 111 cm³/mol. The SMILES string of the molecule is COc1cccc(N2CC(C(=O)NNC(=O)c3ccc4ccccc4n3)CC2=O)c1. The summed E-state index contributed by atoms with van der Waals surface area (Å²) in [4.78, 5) is 43.1. The maximum absolute atomic E-state index is 12.5. The molecule has 8 nitrogen and oxygen atoms in total. The van der Waals surface area contributed by atoms with Crippen molar-refractivity contribution in [3.05, 3.63) is 66.4 Å². The Balaban J connectivity index is 1.37. The van der Waals surface area contributed by atoms with Crippen LogP contribution in [0.3, 0.4) is 0 Å². The van der Waals surface area contributed by atoms with Crippen molar-refractivity contribution in [1.29, 1.82) is 0 Å². The van der Waals surface area contributed by atoms with Crippen LogP contribution in [0.15, 0.2) is 60.7 Å². The lowest BCUT2D eigenvalue weighted by Gasteiger charge is -2.17. The number of para-hydroxylation sites is 1. The molecule has 1 aliphatic rings. The van der Waals surface area contributed by atoms with Gasteiger partial charge >= 0.3 is 0 Å². The van der Waals surface area contributed by atoms with Crippen molar-refractivity contribution < 1.29 is 19.1 Å². The van der Waals surface area contributed by atoms with Crippen molar-refractivity contribution in [3.8, 4) is 5.75 Å². The zero-order chi connectivity index (χ0) is 21.1. The summed E-state index contributed by atoms with van der Waals surface area (Å²) in [6.45, 7) is 0.224. The van der Waals surface area contributed by atoms with Crippen LogP contribution in [0.25, 0.3) is 10.9 Å². The number of hydrogen-bond donors (Lipinski definition) is 2. The maximum Gasteiger partial charge on any atom is 0.288 e. The van der Waals surface area contributed by atoms with Gasteiger partial charge < -0.3 is 9.64 Å². The number of amides is 3. The highest BCUT2D eigenvalue weighted by Crippen LogP contribution is 2.27. The monoisotopic (exact) mass is 404 g/mol. The number of carbonyl (C=O) groups excluding carboxylic acids is 3. The molecular formula is C22H20N4O4. The summed E-state index contributed by atoms with van der Waals surface area (Å²) in [5.74, 6) is -1.06. The Morgan fingerprint density at radius 1 is 1.07 bits per heavy atom. The summed E-state index contributed by atoms with van der Waals surface area (Å²) in [6.07, 6.45) is 0.0626. The Kier molecular flexibility index (Phi) is 5.30. The molecular weight excluding hydrogens is 384 g/mol. The van der Waals surface area contributed by atoms with Gasteiger partial charge in [0.1, 0.15) is 11.4 Å². The number of rotatable bonds is 4. The molecule has 2 N–H and O–H groups in total. The second kappa shape index (κ2) is 8.20. The Labute approximate surface area is 172 Å². The van der Waals surface area contributed by atoms with E-state index in [4.69, 9.17) is 4.74 Å². The number of nitrogens with zero attached hydrogens (tertiary/aromatic N) is 2. The molecule has 3 aromatic rings. The largest absolute Gasteiger partial charge is 0.497 e. The van der Waals surface area contributed by atoms with Gasteiger partial charge in [-0.2, -0.15) is 0 Å². The van der Waals surface area contributed by atoms with Crippen molar-refractivity contribution in [2.75, 3.05) is 18.6 Å². The number of nitrogens with one attached hydrogen (secondary N) is 2. The van der Waals surface area contributed by atoms with Gasteiger partial charge in [-0.15, -0.1) is 0 Å². The van der Waals surface area contributed by atoms with Gasteiger partial charge in [-0.3, -0.25) is 25.2 Å². The summed E-state index contributed by atoms with van der Waals surface area (Å²) in [7, 11) is 1.55. The van der Waals surface area contributed by atoms with Crippen LogP contribution >= 0.6 is 0 Å². The van der Waals surface area contributed by atoms with Gasteiger partial charge in [0.05, 0.1) is 18.5 Å². The highest BCUT2D eigenvalue weighted by atomic mass is 16.5. The summed E-state index contributed by atoms with van der Waals surface area (Å²) < 4.78 is 5.19. The molecule has 2 heterocycles. The molecule has 1 atom stereocenters. The van der Waals surface area contributed by atoms with Crippen molar-refractivity contribution in [1.82, 2.24) is 15.8 Å². The van der Waals surface area contributed by atoms with E-state index in [0.29, 0.717) is 17.0 Å². The van der Waals surface area contributed by atoms with E-state index in [1.54, 1.807) is 48.4 Å². The number of carbonyl (C=O) groups is 3. The van der Waals surface area contributed by atoms with Crippen molar-refractivity contribution >= 4 is 34.3 Å². The highest BCUT2D eigenvalue weighted by molar-refractivity contribution is 6.01. The van der Waals surface area contributed by atoms with Crippen LogP contribution in [0.2, 0.25) is 0 Å². The number of hydrogen-bond acceptors (Lipinski definition) is 5. The normalized spacial score (nSPS) is 15.8. The minimum absolute atomic E-state index is 0.0626. The zero-order valence-corrected chi connectivity index (χ0v) is 16.3. The molecule has 2 aromatic carbocycles. The van der Waals surface area contributed by atoms with Crippen LogP contribution in [0.4, 0.5) is 5.69 Å². The molecule has 0 bridgehead atoms. The zero-order valence-electron chi connectivity index (χ0n) is 16.3.